The molecule has 0 saturated carbocycles. The number of hydrogen-bond acceptors (Lipinski definition) is 5. The highest BCUT2D eigenvalue weighted by Gasteiger charge is 2.19. The van der Waals surface area contributed by atoms with Crippen LogP contribution in [0.3, 0.4) is 0 Å². The van der Waals surface area contributed by atoms with Crippen LogP contribution in [0.1, 0.15) is 52.9 Å². The van der Waals surface area contributed by atoms with Crippen LogP contribution in [-0.4, -0.2) is 25.3 Å². The minimum Gasteiger partial charge on any atom is -0.454 e. The summed E-state index contributed by atoms with van der Waals surface area (Å²) >= 11 is 0. The van der Waals surface area contributed by atoms with Gasteiger partial charge in [-0.2, -0.15) is 0 Å². The third-order valence-electron chi connectivity index (χ3n) is 5.19. The predicted octanol–water partition coefficient (Wildman–Crippen LogP) is 3.33. The number of esters is 1. The van der Waals surface area contributed by atoms with Crippen molar-refractivity contribution in [2.75, 3.05) is 13.4 Å². The molecular formula is C22H23NO5. The molecule has 0 aromatic heterocycles. The molecule has 6 heteroatoms. The fraction of sp³-hybridized carbons (Fsp3) is 0.364. The standard InChI is InChI=1S/C22H23NO5/c1-14(16-7-6-15-4-2-3-5-17(15)10-16)23-21(24)12-26-22(25)18-8-9-19-20(11-18)28-13-27-19/h6-11,14H,2-5,12-13H2,1H3,(H,23,24)/t14-/m0/s1. The molecule has 1 aliphatic heterocycles. The maximum atomic E-state index is 12.2. The van der Waals surface area contributed by atoms with E-state index in [9.17, 15) is 9.59 Å². The maximum Gasteiger partial charge on any atom is 0.338 e. The number of nitrogens with one attached hydrogen (secondary N) is 1. The maximum absolute atomic E-state index is 12.2. The first-order valence-corrected chi connectivity index (χ1v) is 9.58. The molecule has 2 aromatic carbocycles. The molecule has 2 aliphatic rings. The molecule has 1 heterocycles. The van der Waals surface area contributed by atoms with Gasteiger partial charge in [-0.25, -0.2) is 4.79 Å². The number of carbonyl (C=O) groups excluding carboxylic acids is 2. The zero-order chi connectivity index (χ0) is 19.5. The summed E-state index contributed by atoms with van der Waals surface area (Å²) in [6.07, 6.45) is 4.68. The summed E-state index contributed by atoms with van der Waals surface area (Å²) in [4.78, 5) is 24.4. The van der Waals surface area contributed by atoms with Crippen LogP contribution in [0.5, 0.6) is 11.5 Å². The topological polar surface area (TPSA) is 73.9 Å². The lowest BCUT2D eigenvalue weighted by molar-refractivity contribution is -0.124. The van der Waals surface area contributed by atoms with Gasteiger partial charge in [0.05, 0.1) is 11.6 Å². The highest BCUT2D eigenvalue weighted by molar-refractivity contribution is 5.92. The molecule has 0 fully saturated rings. The van der Waals surface area contributed by atoms with Crippen LogP contribution in [0.15, 0.2) is 36.4 Å². The summed E-state index contributed by atoms with van der Waals surface area (Å²) in [6, 6.07) is 11.0. The van der Waals surface area contributed by atoms with Gasteiger partial charge in [0.25, 0.3) is 5.91 Å². The average Bonchev–Trinajstić information content (AvgIpc) is 3.19. The van der Waals surface area contributed by atoms with Crippen molar-refractivity contribution < 1.29 is 23.8 Å². The SMILES string of the molecule is C[C@H](NC(=O)COC(=O)c1ccc2c(c1)OCO2)c1ccc2c(c1)CCCC2. The van der Waals surface area contributed by atoms with E-state index in [1.807, 2.05) is 6.92 Å². The Balaban J connectivity index is 1.31. The van der Waals surface area contributed by atoms with Gasteiger partial charge in [0.15, 0.2) is 18.1 Å². The summed E-state index contributed by atoms with van der Waals surface area (Å²) in [5.41, 5.74) is 4.17. The van der Waals surface area contributed by atoms with E-state index < -0.39 is 5.97 Å². The second-order valence-corrected chi connectivity index (χ2v) is 7.17. The minimum atomic E-state index is -0.574. The van der Waals surface area contributed by atoms with Crippen LogP contribution in [0.4, 0.5) is 0 Å². The van der Waals surface area contributed by atoms with Gasteiger partial charge in [0.2, 0.25) is 6.79 Å². The molecule has 0 unspecified atom stereocenters. The first kappa shape index (κ1) is 18.3. The van der Waals surface area contributed by atoms with E-state index >= 15 is 0 Å². The van der Waals surface area contributed by atoms with Crippen LogP contribution in [-0.2, 0) is 22.4 Å². The molecule has 1 amide bonds. The lowest BCUT2D eigenvalue weighted by Gasteiger charge is -2.20. The molecule has 146 valence electrons. The fourth-order valence-corrected chi connectivity index (χ4v) is 3.63. The zero-order valence-electron chi connectivity index (χ0n) is 15.8. The van der Waals surface area contributed by atoms with Gasteiger partial charge in [0, 0.05) is 0 Å². The molecule has 0 saturated heterocycles. The van der Waals surface area contributed by atoms with Crippen LogP contribution in [0.2, 0.25) is 0 Å². The van der Waals surface area contributed by atoms with Gasteiger partial charge < -0.3 is 19.5 Å². The van der Waals surface area contributed by atoms with E-state index in [2.05, 4.69) is 23.5 Å². The summed E-state index contributed by atoms with van der Waals surface area (Å²) in [7, 11) is 0. The predicted molar refractivity (Wildman–Crippen MR) is 102 cm³/mol. The number of fused-ring (bicyclic) bond motifs is 2. The van der Waals surface area contributed by atoms with E-state index in [1.54, 1.807) is 18.2 Å². The summed E-state index contributed by atoms with van der Waals surface area (Å²) in [5, 5.41) is 2.89. The van der Waals surface area contributed by atoms with Gasteiger partial charge in [-0.05, 0) is 67.5 Å². The van der Waals surface area contributed by atoms with Crippen LogP contribution < -0.4 is 14.8 Å². The molecule has 0 bridgehead atoms. The normalized spacial score (nSPS) is 15.5. The first-order chi connectivity index (χ1) is 13.6. The molecule has 28 heavy (non-hydrogen) atoms. The molecule has 1 N–H and O–H groups in total. The van der Waals surface area contributed by atoms with Crippen molar-refractivity contribution >= 4 is 11.9 Å². The highest BCUT2D eigenvalue weighted by Crippen LogP contribution is 2.32. The molecule has 0 radical (unpaired) electrons. The lowest BCUT2D eigenvalue weighted by Crippen LogP contribution is -2.31. The van der Waals surface area contributed by atoms with Crippen LogP contribution in [0, 0.1) is 0 Å². The molecule has 0 spiro atoms. The van der Waals surface area contributed by atoms with Crippen LogP contribution in [0.25, 0.3) is 0 Å². The Morgan fingerprint density at radius 2 is 1.82 bits per heavy atom. The smallest absolute Gasteiger partial charge is 0.338 e. The Bertz CT molecular complexity index is 908. The van der Waals surface area contributed by atoms with E-state index in [4.69, 9.17) is 14.2 Å². The molecule has 2 aromatic rings. The van der Waals surface area contributed by atoms with Crippen molar-refractivity contribution in [1.82, 2.24) is 5.32 Å². The summed E-state index contributed by atoms with van der Waals surface area (Å²) in [5.74, 6) is 0.183. The number of hydrogen-bond donors (Lipinski definition) is 1. The number of ether oxygens (including phenoxy) is 3. The third-order valence-corrected chi connectivity index (χ3v) is 5.19. The fourth-order valence-electron chi connectivity index (χ4n) is 3.63. The summed E-state index contributed by atoms with van der Waals surface area (Å²) < 4.78 is 15.6. The van der Waals surface area contributed by atoms with Crippen molar-refractivity contribution in [3.05, 3.63) is 58.7 Å². The number of amides is 1. The van der Waals surface area contributed by atoms with Gasteiger partial charge >= 0.3 is 5.97 Å². The Morgan fingerprint density at radius 3 is 2.68 bits per heavy atom. The molecule has 1 atom stereocenters. The molecule has 4 rings (SSSR count). The van der Waals surface area contributed by atoms with E-state index in [0.29, 0.717) is 17.1 Å². The van der Waals surface area contributed by atoms with Crippen LogP contribution >= 0.6 is 0 Å². The Morgan fingerprint density at radius 1 is 1.04 bits per heavy atom. The van der Waals surface area contributed by atoms with Gasteiger partial charge in [-0.1, -0.05) is 18.2 Å². The zero-order valence-corrected chi connectivity index (χ0v) is 15.8. The second-order valence-electron chi connectivity index (χ2n) is 7.17. The Hall–Kier alpha value is -3.02. The number of aryl methyl sites for hydroxylation is 2. The third kappa shape index (κ3) is 3.96. The number of rotatable bonds is 5. The van der Waals surface area contributed by atoms with Gasteiger partial charge in [-0.15, -0.1) is 0 Å². The van der Waals surface area contributed by atoms with Crippen molar-refractivity contribution in [1.29, 1.82) is 0 Å². The quantitative estimate of drug-likeness (QED) is 0.804. The summed E-state index contributed by atoms with van der Waals surface area (Å²) in [6.45, 7) is 1.74. The molecule has 1 aliphatic carbocycles. The molecule has 6 nitrogen and oxygen atoms in total. The van der Waals surface area contributed by atoms with Crippen molar-refractivity contribution in [2.24, 2.45) is 0 Å². The van der Waals surface area contributed by atoms with Gasteiger partial charge in [-0.3, -0.25) is 4.79 Å². The minimum absolute atomic E-state index is 0.136. The average molecular weight is 381 g/mol. The Labute approximate surface area is 163 Å². The van der Waals surface area contributed by atoms with E-state index in [-0.39, 0.29) is 25.3 Å². The van der Waals surface area contributed by atoms with Gasteiger partial charge in [0.1, 0.15) is 0 Å². The van der Waals surface area contributed by atoms with Crippen molar-refractivity contribution in [3.63, 3.8) is 0 Å². The molecular weight excluding hydrogens is 358 g/mol. The monoisotopic (exact) mass is 381 g/mol. The Kier molecular flexibility index (Phi) is 5.19. The number of benzene rings is 2. The number of carbonyl (C=O) groups is 2. The van der Waals surface area contributed by atoms with Crippen molar-refractivity contribution in [3.8, 4) is 11.5 Å². The lowest BCUT2D eigenvalue weighted by atomic mass is 9.89. The highest BCUT2D eigenvalue weighted by atomic mass is 16.7. The van der Waals surface area contributed by atoms with E-state index in [1.165, 1.54) is 24.0 Å². The van der Waals surface area contributed by atoms with Crippen molar-refractivity contribution in [2.45, 2.75) is 38.6 Å². The van der Waals surface area contributed by atoms with E-state index in [0.717, 1.165) is 18.4 Å². The second kappa shape index (κ2) is 7.92. The largest absolute Gasteiger partial charge is 0.454 e. The first-order valence-electron chi connectivity index (χ1n) is 9.58.